The van der Waals surface area contributed by atoms with Crippen molar-refractivity contribution in [3.63, 3.8) is 0 Å². The minimum absolute atomic E-state index is 0.249. The van der Waals surface area contributed by atoms with Gasteiger partial charge in [0.05, 0.1) is 13.7 Å². The number of methoxy groups -OCH3 is 1. The summed E-state index contributed by atoms with van der Waals surface area (Å²) < 4.78 is 11.0. The highest BCUT2D eigenvalue weighted by Gasteiger charge is 2.29. The lowest BCUT2D eigenvalue weighted by Crippen LogP contribution is -2.44. The number of hydrogen-bond donors (Lipinski definition) is 1. The van der Waals surface area contributed by atoms with Crippen LogP contribution in [0.3, 0.4) is 0 Å². The molecular formula is C14H20ClNO3. The first-order chi connectivity index (χ1) is 9.15. The molecule has 1 aliphatic heterocycles. The van der Waals surface area contributed by atoms with E-state index in [1.807, 2.05) is 0 Å². The van der Waals surface area contributed by atoms with Crippen molar-refractivity contribution in [1.82, 2.24) is 4.90 Å². The molecule has 19 heavy (non-hydrogen) atoms. The van der Waals surface area contributed by atoms with Gasteiger partial charge in [-0.05, 0) is 24.7 Å². The Balaban J connectivity index is 2.18. The van der Waals surface area contributed by atoms with Crippen LogP contribution in [-0.2, 0) is 4.74 Å². The molecule has 0 radical (unpaired) electrons. The number of morpholine rings is 1. The molecule has 2 rings (SSSR count). The summed E-state index contributed by atoms with van der Waals surface area (Å²) in [5, 5.41) is 11.1. The number of ether oxygens (including phenoxy) is 2. The first kappa shape index (κ1) is 14.6. The van der Waals surface area contributed by atoms with Crippen molar-refractivity contribution >= 4 is 11.6 Å². The van der Waals surface area contributed by atoms with Crippen LogP contribution in [0.5, 0.6) is 5.75 Å². The Morgan fingerprint density at radius 1 is 1.58 bits per heavy atom. The number of likely N-dealkylation sites (N-methyl/N-ethyl adjacent to an activating group) is 1. The fourth-order valence-corrected chi connectivity index (χ4v) is 2.53. The van der Waals surface area contributed by atoms with E-state index in [0.29, 0.717) is 29.5 Å². The smallest absolute Gasteiger partial charge is 0.124 e. The van der Waals surface area contributed by atoms with E-state index in [1.54, 1.807) is 25.3 Å². The van der Waals surface area contributed by atoms with E-state index in [1.165, 1.54) is 0 Å². The minimum Gasteiger partial charge on any atom is -0.496 e. The number of rotatable bonds is 4. The van der Waals surface area contributed by atoms with Crippen LogP contribution in [0.25, 0.3) is 0 Å². The van der Waals surface area contributed by atoms with Gasteiger partial charge in [0.1, 0.15) is 18.0 Å². The second-order valence-corrected chi connectivity index (χ2v) is 5.07. The lowest BCUT2D eigenvalue weighted by Gasteiger charge is -2.35. The Bertz CT molecular complexity index is 427. The Labute approximate surface area is 118 Å². The molecule has 2 unspecified atom stereocenters. The van der Waals surface area contributed by atoms with E-state index in [-0.39, 0.29) is 6.10 Å². The molecule has 1 saturated heterocycles. The van der Waals surface area contributed by atoms with Gasteiger partial charge in [0.15, 0.2) is 0 Å². The van der Waals surface area contributed by atoms with E-state index in [2.05, 4.69) is 11.8 Å². The van der Waals surface area contributed by atoms with Crippen molar-refractivity contribution in [3.05, 3.63) is 28.8 Å². The molecule has 1 fully saturated rings. The number of benzene rings is 1. The Morgan fingerprint density at radius 3 is 3.05 bits per heavy atom. The van der Waals surface area contributed by atoms with Gasteiger partial charge in [-0.15, -0.1) is 0 Å². The third-order valence-electron chi connectivity index (χ3n) is 3.49. The van der Waals surface area contributed by atoms with Crippen molar-refractivity contribution in [1.29, 1.82) is 0 Å². The molecule has 1 aromatic carbocycles. The third kappa shape index (κ3) is 3.39. The lowest BCUT2D eigenvalue weighted by atomic mass is 10.0. The highest BCUT2D eigenvalue weighted by Crippen LogP contribution is 2.32. The Morgan fingerprint density at radius 2 is 2.37 bits per heavy atom. The Hall–Kier alpha value is -0.810. The van der Waals surface area contributed by atoms with Crippen molar-refractivity contribution in [3.8, 4) is 5.75 Å². The summed E-state index contributed by atoms with van der Waals surface area (Å²) in [5.41, 5.74) is 0.679. The zero-order chi connectivity index (χ0) is 13.8. The van der Waals surface area contributed by atoms with E-state index in [4.69, 9.17) is 21.1 Å². The molecule has 1 N–H and O–H groups in total. The largest absolute Gasteiger partial charge is 0.496 e. The predicted molar refractivity (Wildman–Crippen MR) is 74.8 cm³/mol. The van der Waals surface area contributed by atoms with Gasteiger partial charge in [-0.2, -0.15) is 0 Å². The quantitative estimate of drug-likeness (QED) is 0.920. The number of hydrogen-bond acceptors (Lipinski definition) is 4. The average Bonchev–Trinajstić information content (AvgIpc) is 2.46. The topological polar surface area (TPSA) is 41.9 Å². The standard InChI is InChI=1S/C14H20ClNO3/c1-3-16-6-7-19-13(9-16)14(17)11-8-10(15)4-5-12(11)18-2/h4-5,8,13-14,17H,3,6-7,9H2,1-2H3. The summed E-state index contributed by atoms with van der Waals surface area (Å²) in [7, 11) is 1.58. The van der Waals surface area contributed by atoms with Gasteiger partial charge in [-0.3, -0.25) is 4.90 Å². The van der Waals surface area contributed by atoms with Gasteiger partial charge in [-0.1, -0.05) is 18.5 Å². The highest BCUT2D eigenvalue weighted by atomic mass is 35.5. The molecule has 1 aromatic rings. The summed E-state index contributed by atoms with van der Waals surface area (Å²) in [4.78, 5) is 2.26. The van der Waals surface area contributed by atoms with Gasteiger partial charge in [-0.25, -0.2) is 0 Å². The van der Waals surface area contributed by atoms with Crippen LogP contribution in [0.2, 0.25) is 5.02 Å². The van der Waals surface area contributed by atoms with Crippen LogP contribution < -0.4 is 4.74 Å². The molecule has 106 valence electrons. The van der Waals surface area contributed by atoms with Crippen LogP contribution in [0, 0.1) is 0 Å². The molecule has 0 aromatic heterocycles. The van der Waals surface area contributed by atoms with Gasteiger partial charge in [0, 0.05) is 23.7 Å². The number of aliphatic hydroxyl groups is 1. The molecule has 0 bridgehead atoms. The second kappa shape index (κ2) is 6.57. The molecule has 0 amide bonds. The average molecular weight is 286 g/mol. The number of halogens is 1. The summed E-state index contributed by atoms with van der Waals surface area (Å²) in [6.45, 7) is 5.33. The number of nitrogens with zero attached hydrogens (tertiary/aromatic N) is 1. The maximum atomic E-state index is 10.5. The maximum Gasteiger partial charge on any atom is 0.124 e. The molecule has 2 atom stereocenters. The fraction of sp³-hybridized carbons (Fsp3) is 0.571. The van der Waals surface area contributed by atoms with Crippen molar-refractivity contribution in [2.24, 2.45) is 0 Å². The van der Waals surface area contributed by atoms with Crippen LogP contribution in [0.1, 0.15) is 18.6 Å². The molecular weight excluding hydrogens is 266 g/mol. The van der Waals surface area contributed by atoms with Gasteiger partial charge < -0.3 is 14.6 Å². The summed E-state index contributed by atoms with van der Waals surface area (Å²) in [5.74, 6) is 0.633. The van der Waals surface area contributed by atoms with Gasteiger partial charge >= 0.3 is 0 Å². The summed E-state index contributed by atoms with van der Waals surface area (Å²) >= 11 is 5.99. The van der Waals surface area contributed by atoms with Crippen LogP contribution >= 0.6 is 11.6 Å². The van der Waals surface area contributed by atoms with E-state index >= 15 is 0 Å². The third-order valence-corrected chi connectivity index (χ3v) is 3.72. The van der Waals surface area contributed by atoms with E-state index < -0.39 is 6.10 Å². The van der Waals surface area contributed by atoms with Crippen LogP contribution in [-0.4, -0.2) is 49.5 Å². The molecule has 1 heterocycles. The molecule has 0 saturated carbocycles. The van der Waals surface area contributed by atoms with Gasteiger partial charge in [0.2, 0.25) is 0 Å². The van der Waals surface area contributed by atoms with Gasteiger partial charge in [0.25, 0.3) is 0 Å². The minimum atomic E-state index is -0.733. The second-order valence-electron chi connectivity index (χ2n) is 4.63. The van der Waals surface area contributed by atoms with Crippen molar-refractivity contribution in [2.75, 3.05) is 33.4 Å². The first-order valence-electron chi connectivity index (χ1n) is 6.51. The fourth-order valence-electron chi connectivity index (χ4n) is 2.35. The maximum absolute atomic E-state index is 10.5. The first-order valence-corrected chi connectivity index (χ1v) is 6.89. The summed E-state index contributed by atoms with van der Waals surface area (Å²) in [6.07, 6.45) is -0.982. The molecule has 0 spiro atoms. The molecule has 0 aliphatic carbocycles. The van der Waals surface area contributed by atoms with Crippen molar-refractivity contribution < 1.29 is 14.6 Å². The Kier molecular flexibility index (Phi) is 5.05. The lowest BCUT2D eigenvalue weighted by molar-refractivity contribution is -0.0893. The van der Waals surface area contributed by atoms with Crippen LogP contribution in [0.15, 0.2) is 18.2 Å². The SMILES string of the molecule is CCN1CCOC(C(O)c2cc(Cl)ccc2OC)C1. The molecule has 4 nitrogen and oxygen atoms in total. The predicted octanol–water partition coefficient (Wildman–Crippen LogP) is 2.10. The van der Waals surface area contributed by atoms with Crippen LogP contribution in [0.4, 0.5) is 0 Å². The van der Waals surface area contributed by atoms with Crippen molar-refractivity contribution in [2.45, 2.75) is 19.1 Å². The normalized spacial score (nSPS) is 22.2. The number of aliphatic hydroxyl groups excluding tert-OH is 1. The summed E-state index contributed by atoms with van der Waals surface area (Å²) in [6, 6.07) is 5.25. The highest BCUT2D eigenvalue weighted by molar-refractivity contribution is 6.30. The molecule has 5 heteroatoms. The monoisotopic (exact) mass is 285 g/mol. The van der Waals surface area contributed by atoms with E-state index in [9.17, 15) is 5.11 Å². The van der Waals surface area contributed by atoms with E-state index in [0.717, 1.165) is 13.1 Å². The molecule has 1 aliphatic rings. The zero-order valence-electron chi connectivity index (χ0n) is 11.3. The zero-order valence-corrected chi connectivity index (χ0v) is 12.1.